The highest BCUT2D eigenvalue weighted by atomic mass is 15.2. The summed E-state index contributed by atoms with van der Waals surface area (Å²) in [5.74, 6) is 0.737. The van der Waals surface area contributed by atoms with Gasteiger partial charge in [-0.3, -0.25) is 10.1 Å². The van der Waals surface area contributed by atoms with Gasteiger partial charge in [0.25, 0.3) is 0 Å². The van der Waals surface area contributed by atoms with Crippen LogP contribution in [0.25, 0.3) is 44.8 Å². The summed E-state index contributed by atoms with van der Waals surface area (Å²) in [7, 11) is 0. The Morgan fingerprint density at radius 1 is 0.938 bits per heavy atom. The molecule has 6 rings (SSSR count). The topological polar surface area (TPSA) is 86.4 Å². The smallest absolute Gasteiger partial charge is 0.161 e. The molecule has 0 bridgehead atoms. The van der Waals surface area contributed by atoms with Crippen LogP contribution >= 0.6 is 0 Å². The van der Waals surface area contributed by atoms with Crippen LogP contribution in [0.2, 0.25) is 0 Å². The van der Waals surface area contributed by atoms with Crippen molar-refractivity contribution in [3.63, 3.8) is 0 Å². The summed E-state index contributed by atoms with van der Waals surface area (Å²) in [6.07, 6.45) is 8.48. The summed E-state index contributed by atoms with van der Waals surface area (Å²) in [5, 5.41) is 7.67. The van der Waals surface area contributed by atoms with Crippen molar-refractivity contribution < 1.29 is 0 Å². The highest BCUT2D eigenvalue weighted by Gasteiger charge is 2.19. The lowest BCUT2D eigenvalue weighted by molar-refractivity contribution is 0.579. The Hall–Kier alpha value is -3.74. The summed E-state index contributed by atoms with van der Waals surface area (Å²) < 4.78 is 0. The predicted octanol–water partition coefficient (Wildman–Crippen LogP) is 5.12. The Kier molecular flexibility index (Phi) is 4.60. The number of anilines is 1. The first-order valence-corrected chi connectivity index (χ1v) is 11.3. The second-order valence-electron chi connectivity index (χ2n) is 8.41. The van der Waals surface area contributed by atoms with Crippen molar-refractivity contribution in [2.75, 3.05) is 18.0 Å². The van der Waals surface area contributed by atoms with E-state index in [9.17, 15) is 0 Å². The molecular weight excluding hydrogens is 398 g/mol. The third-order valence-electron chi connectivity index (χ3n) is 6.32. The summed E-state index contributed by atoms with van der Waals surface area (Å²) in [4.78, 5) is 20.2. The Bertz CT molecular complexity index is 1410. The van der Waals surface area contributed by atoms with Gasteiger partial charge in [0.15, 0.2) is 11.5 Å². The Labute approximate surface area is 185 Å². The summed E-state index contributed by atoms with van der Waals surface area (Å²) in [6, 6.07) is 12.5. The minimum atomic E-state index is 0.737. The van der Waals surface area contributed by atoms with E-state index in [2.05, 4.69) is 56.3 Å². The molecule has 0 saturated carbocycles. The quantitative estimate of drug-likeness (QED) is 0.419. The van der Waals surface area contributed by atoms with Gasteiger partial charge in [-0.25, -0.2) is 9.97 Å². The number of benzene rings is 1. The molecule has 1 saturated heterocycles. The monoisotopic (exact) mass is 423 g/mol. The molecular formula is C25H25N7. The molecule has 0 radical (unpaired) electrons. The van der Waals surface area contributed by atoms with Crippen LogP contribution in [0.3, 0.4) is 0 Å². The number of hydrogen-bond donors (Lipinski definition) is 2. The zero-order valence-electron chi connectivity index (χ0n) is 18.1. The number of aromatic nitrogens is 6. The first-order chi connectivity index (χ1) is 15.8. The van der Waals surface area contributed by atoms with Gasteiger partial charge in [0.05, 0.1) is 22.4 Å². The van der Waals surface area contributed by atoms with Gasteiger partial charge in [0.1, 0.15) is 11.0 Å². The molecule has 4 aromatic heterocycles. The fraction of sp³-hybridized carbons (Fsp3) is 0.280. The minimum absolute atomic E-state index is 0.737. The number of imidazole rings is 1. The maximum atomic E-state index is 4.98. The van der Waals surface area contributed by atoms with Gasteiger partial charge >= 0.3 is 0 Å². The molecule has 0 unspecified atom stereocenters. The molecule has 0 atom stereocenters. The first kappa shape index (κ1) is 19.0. The molecule has 0 amide bonds. The van der Waals surface area contributed by atoms with Crippen LogP contribution < -0.4 is 4.90 Å². The van der Waals surface area contributed by atoms with Crippen molar-refractivity contribution in [1.82, 2.24) is 30.1 Å². The third-order valence-corrected chi connectivity index (χ3v) is 6.32. The van der Waals surface area contributed by atoms with Crippen molar-refractivity contribution in [2.45, 2.75) is 32.6 Å². The molecule has 5 aromatic rings. The maximum Gasteiger partial charge on any atom is 0.161 e. The fourth-order valence-corrected chi connectivity index (χ4v) is 4.56. The number of para-hydroxylation sites is 1. The maximum absolute atomic E-state index is 4.98. The summed E-state index contributed by atoms with van der Waals surface area (Å²) >= 11 is 0. The van der Waals surface area contributed by atoms with Gasteiger partial charge in [-0.1, -0.05) is 13.0 Å². The lowest BCUT2D eigenvalue weighted by Crippen LogP contribution is -2.29. The van der Waals surface area contributed by atoms with Gasteiger partial charge in [-0.15, -0.1) is 0 Å². The molecule has 0 spiro atoms. The molecule has 7 nitrogen and oxygen atoms in total. The number of piperidine rings is 1. The number of aryl methyl sites for hydroxylation is 1. The van der Waals surface area contributed by atoms with E-state index in [4.69, 9.17) is 9.97 Å². The van der Waals surface area contributed by atoms with E-state index in [0.717, 1.165) is 64.4 Å². The molecule has 2 N–H and O–H groups in total. The molecule has 160 valence electrons. The second kappa shape index (κ2) is 7.75. The van der Waals surface area contributed by atoms with Gasteiger partial charge in [0.2, 0.25) is 0 Å². The van der Waals surface area contributed by atoms with Crippen LogP contribution in [0, 0.1) is 0 Å². The summed E-state index contributed by atoms with van der Waals surface area (Å²) in [6.45, 7) is 4.30. The van der Waals surface area contributed by atoms with E-state index in [0.29, 0.717) is 0 Å². The zero-order valence-corrected chi connectivity index (χ0v) is 18.1. The molecule has 1 fully saturated rings. The van der Waals surface area contributed by atoms with Gasteiger partial charge in [0, 0.05) is 31.0 Å². The number of nitrogens with zero attached hydrogens (tertiary/aromatic N) is 5. The number of hydrogen-bond acceptors (Lipinski definition) is 5. The standard InChI is InChI=1S/C25H25N7/c1-2-16-13-17(15-26-14-16)18-9-10-20-23(27-18)24(31-30-20)25-28-19-7-6-8-21(22(19)29-25)32-11-4-3-5-12-32/h6-10,13-15H,2-5,11-12H2,1H3,(H,28,29)(H,30,31). The normalized spacial score (nSPS) is 14.5. The van der Waals surface area contributed by atoms with Crippen LogP contribution in [0.15, 0.2) is 48.8 Å². The second-order valence-corrected chi connectivity index (χ2v) is 8.41. The highest BCUT2D eigenvalue weighted by molar-refractivity contribution is 5.95. The average molecular weight is 424 g/mol. The van der Waals surface area contributed by atoms with Crippen LogP contribution in [-0.4, -0.2) is 43.2 Å². The van der Waals surface area contributed by atoms with Crippen molar-refractivity contribution in [3.05, 3.63) is 54.4 Å². The average Bonchev–Trinajstić information content (AvgIpc) is 3.48. The van der Waals surface area contributed by atoms with Crippen molar-refractivity contribution in [2.24, 2.45) is 0 Å². The molecule has 1 aliphatic rings. The zero-order chi connectivity index (χ0) is 21.5. The van der Waals surface area contributed by atoms with Gasteiger partial charge in [-0.2, -0.15) is 5.10 Å². The molecule has 0 aliphatic carbocycles. The number of fused-ring (bicyclic) bond motifs is 2. The van der Waals surface area contributed by atoms with Crippen molar-refractivity contribution >= 4 is 27.8 Å². The van der Waals surface area contributed by atoms with E-state index in [1.807, 2.05) is 24.5 Å². The molecule has 32 heavy (non-hydrogen) atoms. The fourth-order valence-electron chi connectivity index (χ4n) is 4.56. The van der Waals surface area contributed by atoms with Crippen molar-refractivity contribution in [3.8, 4) is 22.8 Å². The van der Waals surface area contributed by atoms with E-state index in [1.54, 1.807) is 0 Å². The van der Waals surface area contributed by atoms with Gasteiger partial charge in [-0.05, 0) is 61.6 Å². The van der Waals surface area contributed by atoms with E-state index in [-0.39, 0.29) is 0 Å². The van der Waals surface area contributed by atoms with Crippen LogP contribution in [-0.2, 0) is 6.42 Å². The number of nitrogens with one attached hydrogen (secondary N) is 2. The Balaban J connectivity index is 1.45. The van der Waals surface area contributed by atoms with Crippen LogP contribution in [0.5, 0.6) is 0 Å². The predicted molar refractivity (Wildman–Crippen MR) is 128 cm³/mol. The summed E-state index contributed by atoms with van der Waals surface area (Å²) in [5.41, 5.74) is 8.74. The van der Waals surface area contributed by atoms with Gasteiger partial charge < -0.3 is 9.88 Å². The number of aromatic amines is 2. The third kappa shape index (κ3) is 3.21. The van der Waals surface area contributed by atoms with Crippen LogP contribution in [0.1, 0.15) is 31.7 Å². The highest BCUT2D eigenvalue weighted by Crippen LogP contribution is 2.32. The molecule has 7 heteroatoms. The number of pyridine rings is 2. The molecule has 5 heterocycles. The minimum Gasteiger partial charge on any atom is -0.370 e. The Morgan fingerprint density at radius 2 is 1.84 bits per heavy atom. The molecule has 1 aromatic carbocycles. The van der Waals surface area contributed by atoms with Crippen LogP contribution in [0.4, 0.5) is 5.69 Å². The van der Waals surface area contributed by atoms with E-state index in [1.165, 1.54) is 30.5 Å². The SMILES string of the molecule is CCc1cncc(-c2ccc3[nH]nc(-c4nc5c(N6CCCCC6)cccc5[nH]4)c3n2)c1. The number of rotatable bonds is 4. The lowest BCUT2D eigenvalue weighted by atomic mass is 10.1. The molecule has 1 aliphatic heterocycles. The Morgan fingerprint density at radius 3 is 2.72 bits per heavy atom. The number of H-pyrrole nitrogens is 2. The van der Waals surface area contributed by atoms with E-state index < -0.39 is 0 Å². The van der Waals surface area contributed by atoms with Crippen molar-refractivity contribution in [1.29, 1.82) is 0 Å². The van der Waals surface area contributed by atoms with E-state index >= 15 is 0 Å². The largest absolute Gasteiger partial charge is 0.370 e. The first-order valence-electron chi connectivity index (χ1n) is 11.3. The lowest BCUT2D eigenvalue weighted by Gasteiger charge is -2.28.